The van der Waals surface area contributed by atoms with Gasteiger partial charge in [0.2, 0.25) is 5.91 Å². The van der Waals surface area contributed by atoms with E-state index >= 15 is 0 Å². The van der Waals surface area contributed by atoms with Gasteiger partial charge in [0.05, 0.1) is 10.3 Å². The number of carbonyl (C=O) groups excluding carboxylic acids is 1. The molecule has 1 aliphatic rings. The molecule has 3 aromatic rings. The van der Waals surface area contributed by atoms with Gasteiger partial charge in [0.25, 0.3) is 11.1 Å². The summed E-state index contributed by atoms with van der Waals surface area (Å²) in [4.78, 5) is 15.2. The minimum atomic E-state index is -0.251. The van der Waals surface area contributed by atoms with Gasteiger partial charge in [0, 0.05) is 23.2 Å². The predicted molar refractivity (Wildman–Crippen MR) is 106 cm³/mol. The van der Waals surface area contributed by atoms with Crippen molar-refractivity contribution in [3.8, 4) is 10.8 Å². The van der Waals surface area contributed by atoms with Crippen LogP contribution in [0.5, 0.6) is 0 Å². The number of thioether (sulfide) groups is 1. The molecule has 1 aliphatic heterocycles. The Hall–Kier alpha value is -1.57. The van der Waals surface area contributed by atoms with Gasteiger partial charge in [-0.25, -0.2) is 0 Å². The molecule has 0 bridgehead atoms. The van der Waals surface area contributed by atoms with Crippen LogP contribution < -0.4 is 0 Å². The van der Waals surface area contributed by atoms with Crippen molar-refractivity contribution in [1.29, 1.82) is 0 Å². The van der Waals surface area contributed by atoms with Crippen LogP contribution in [0.4, 0.5) is 0 Å². The molecule has 0 radical (unpaired) electrons. The number of benzene rings is 1. The third-order valence-corrected chi connectivity index (χ3v) is 7.01. The summed E-state index contributed by atoms with van der Waals surface area (Å²) in [5.41, 5.74) is 0. The lowest BCUT2D eigenvalue weighted by Crippen LogP contribution is -2.40. The van der Waals surface area contributed by atoms with Gasteiger partial charge in [0.1, 0.15) is 4.88 Å². The summed E-state index contributed by atoms with van der Waals surface area (Å²) in [5, 5.41) is 9.98. The third kappa shape index (κ3) is 3.48. The second-order valence-electron chi connectivity index (χ2n) is 6.26. The molecule has 5 nitrogen and oxygen atoms in total. The molecular weight excluding hydrogens is 390 g/mol. The smallest absolute Gasteiger partial charge is 0.277 e. The summed E-state index contributed by atoms with van der Waals surface area (Å²) in [6.07, 6.45) is 3.37. The van der Waals surface area contributed by atoms with Crippen molar-refractivity contribution >= 4 is 50.7 Å². The number of amides is 1. The number of thiophene rings is 1. The minimum Gasteiger partial charge on any atom is -0.410 e. The van der Waals surface area contributed by atoms with Crippen molar-refractivity contribution in [3.05, 3.63) is 29.3 Å². The van der Waals surface area contributed by atoms with Gasteiger partial charge in [-0.1, -0.05) is 41.6 Å². The largest absolute Gasteiger partial charge is 0.410 e. The number of fused-ring (bicyclic) bond motifs is 1. The van der Waals surface area contributed by atoms with Gasteiger partial charge in [-0.15, -0.1) is 21.5 Å². The number of halogens is 1. The van der Waals surface area contributed by atoms with Crippen molar-refractivity contribution in [3.63, 3.8) is 0 Å². The lowest BCUT2D eigenvalue weighted by Gasteiger charge is -2.28. The predicted octanol–water partition coefficient (Wildman–Crippen LogP) is 5.10. The first kappa shape index (κ1) is 17.8. The number of hydrogen-bond acceptors (Lipinski definition) is 6. The first-order valence-corrected chi connectivity index (χ1v) is 10.7. The van der Waals surface area contributed by atoms with Crippen molar-refractivity contribution in [2.24, 2.45) is 0 Å². The van der Waals surface area contributed by atoms with Crippen LogP contribution in [0.2, 0.25) is 5.02 Å². The van der Waals surface area contributed by atoms with E-state index in [4.69, 9.17) is 16.0 Å². The maximum absolute atomic E-state index is 12.5. The van der Waals surface area contributed by atoms with E-state index in [1.54, 1.807) is 0 Å². The molecule has 4 rings (SSSR count). The zero-order valence-electron chi connectivity index (χ0n) is 14.3. The maximum atomic E-state index is 12.5. The van der Waals surface area contributed by atoms with Gasteiger partial charge in [0.15, 0.2) is 0 Å². The topological polar surface area (TPSA) is 59.2 Å². The summed E-state index contributed by atoms with van der Waals surface area (Å²) in [5.74, 6) is 0.533. The molecule has 8 heteroatoms. The molecule has 1 fully saturated rings. The summed E-state index contributed by atoms with van der Waals surface area (Å²) < 4.78 is 6.86. The molecule has 136 valence electrons. The van der Waals surface area contributed by atoms with Crippen molar-refractivity contribution in [2.75, 3.05) is 13.1 Å². The fourth-order valence-corrected chi connectivity index (χ4v) is 5.27. The SMILES string of the molecule is C[C@H](Sc1nnc(-c2sc3ccccc3c2Cl)o1)C(=O)N1CCCCC1. The van der Waals surface area contributed by atoms with Crippen LogP contribution in [0.25, 0.3) is 20.9 Å². The number of aromatic nitrogens is 2. The number of nitrogens with zero attached hydrogens (tertiary/aromatic N) is 3. The second-order valence-corrected chi connectivity index (χ2v) is 8.98. The average Bonchev–Trinajstić information content (AvgIpc) is 3.26. The maximum Gasteiger partial charge on any atom is 0.277 e. The summed E-state index contributed by atoms with van der Waals surface area (Å²) in [6.45, 7) is 3.57. The molecule has 2 aromatic heterocycles. The number of piperidine rings is 1. The first-order valence-electron chi connectivity index (χ1n) is 8.60. The van der Waals surface area contributed by atoms with E-state index in [1.807, 2.05) is 36.1 Å². The Kier molecular flexibility index (Phi) is 5.20. The van der Waals surface area contributed by atoms with Crippen LogP contribution in [0, 0.1) is 0 Å². The molecular formula is C18H18ClN3O2S2. The van der Waals surface area contributed by atoms with Gasteiger partial charge in [-0.3, -0.25) is 4.79 Å². The molecule has 1 amide bonds. The normalized spacial score (nSPS) is 16.2. The number of carbonyl (C=O) groups is 1. The minimum absolute atomic E-state index is 0.134. The summed E-state index contributed by atoms with van der Waals surface area (Å²) in [7, 11) is 0. The third-order valence-electron chi connectivity index (χ3n) is 4.43. The molecule has 0 N–H and O–H groups in total. The zero-order valence-corrected chi connectivity index (χ0v) is 16.7. The Morgan fingerprint density at radius 2 is 2.04 bits per heavy atom. The molecule has 1 atom stereocenters. The fraction of sp³-hybridized carbons (Fsp3) is 0.389. The highest BCUT2D eigenvalue weighted by Gasteiger charge is 2.25. The van der Waals surface area contributed by atoms with E-state index in [0.717, 1.165) is 40.9 Å². The lowest BCUT2D eigenvalue weighted by atomic mass is 10.1. The number of likely N-dealkylation sites (tertiary alicyclic amines) is 1. The monoisotopic (exact) mass is 407 g/mol. The standard InChI is InChI=1S/C18H18ClN3O2S2/c1-11(17(23)22-9-5-2-6-10-22)25-18-21-20-16(24-18)15-14(19)12-7-3-4-8-13(12)26-15/h3-4,7-8,11H,2,5-6,9-10H2,1H3/t11-/m0/s1. The highest BCUT2D eigenvalue weighted by atomic mass is 35.5. The number of rotatable bonds is 4. The van der Waals surface area contributed by atoms with E-state index in [9.17, 15) is 4.79 Å². The fourth-order valence-electron chi connectivity index (χ4n) is 3.07. The molecule has 0 saturated carbocycles. The van der Waals surface area contributed by atoms with Gasteiger partial charge in [-0.2, -0.15) is 0 Å². The average molecular weight is 408 g/mol. The Morgan fingerprint density at radius 1 is 1.27 bits per heavy atom. The first-order chi connectivity index (χ1) is 12.6. The lowest BCUT2D eigenvalue weighted by molar-refractivity contribution is -0.131. The Bertz CT molecular complexity index is 934. The highest BCUT2D eigenvalue weighted by Crippen LogP contribution is 2.42. The zero-order chi connectivity index (χ0) is 18.1. The Labute approximate surface area is 164 Å². The van der Waals surface area contributed by atoms with Gasteiger partial charge < -0.3 is 9.32 Å². The highest BCUT2D eigenvalue weighted by molar-refractivity contribution is 8.00. The van der Waals surface area contributed by atoms with Crippen LogP contribution in [0.1, 0.15) is 26.2 Å². The second kappa shape index (κ2) is 7.58. The van der Waals surface area contributed by atoms with Crippen LogP contribution in [-0.2, 0) is 4.79 Å². The quantitative estimate of drug-likeness (QED) is 0.563. The van der Waals surface area contributed by atoms with E-state index in [0.29, 0.717) is 16.1 Å². The van der Waals surface area contributed by atoms with Crippen molar-refractivity contribution in [2.45, 2.75) is 36.7 Å². The van der Waals surface area contributed by atoms with E-state index in [-0.39, 0.29) is 11.2 Å². The van der Waals surface area contributed by atoms with E-state index in [2.05, 4.69) is 10.2 Å². The summed E-state index contributed by atoms with van der Waals surface area (Å²) in [6, 6.07) is 7.92. The Morgan fingerprint density at radius 3 is 2.81 bits per heavy atom. The number of hydrogen-bond donors (Lipinski definition) is 0. The molecule has 0 spiro atoms. The van der Waals surface area contributed by atoms with Gasteiger partial charge >= 0.3 is 0 Å². The van der Waals surface area contributed by atoms with Crippen LogP contribution >= 0.6 is 34.7 Å². The molecule has 0 aliphatic carbocycles. The molecule has 0 unspecified atom stereocenters. The molecule has 3 heterocycles. The molecule has 26 heavy (non-hydrogen) atoms. The van der Waals surface area contributed by atoms with Crippen molar-refractivity contribution < 1.29 is 9.21 Å². The summed E-state index contributed by atoms with van der Waals surface area (Å²) >= 11 is 9.30. The molecule has 1 saturated heterocycles. The van der Waals surface area contributed by atoms with Crippen LogP contribution in [0.15, 0.2) is 33.9 Å². The van der Waals surface area contributed by atoms with E-state index in [1.165, 1.54) is 29.5 Å². The van der Waals surface area contributed by atoms with Crippen LogP contribution in [-0.4, -0.2) is 39.3 Å². The van der Waals surface area contributed by atoms with Crippen molar-refractivity contribution in [1.82, 2.24) is 15.1 Å². The van der Waals surface area contributed by atoms with E-state index < -0.39 is 0 Å². The molecule has 1 aromatic carbocycles. The van der Waals surface area contributed by atoms with Gasteiger partial charge in [-0.05, 0) is 32.3 Å². The Balaban J connectivity index is 1.50. The van der Waals surface area contributed by atoms with Crippen LogP contribution in [0.3, 0.4) is 0 Å².